The van der Waals surface area contributed by atoms with Crippen molar-refractivity contribution in [1.29, 1.82) is 0 Å². The first kappa shape index (κ1) is 18.5. The summed E-state index contributed by atoms with van der Waals surface area (Å²) in [6.45, 7) is 9.22. The van der Waals surface area contributed by atoms with E-state index in [1.54, 1.807) is 0 Å². The normalized spacial score (nSPS) is 21.6. The van der Waals surface area contributed by atoms with Crippen molar-refractivity contribution in [3.63, 3.8) is 0 Å². The number of nitrogens with one attached hydrogen (secondary N) is 2. The van der Waals surface area contributed by atoms with Crippen LogP contribution >= 0.6 is 24.0 Å². The van der Waals surface area contributed by atoms with Gasteiger partial charge in [0.25, 0.3) is 0 Å². The monoisotopic (exact) mass is 383 g/mol. The van der Waals surface area contributed by atoms with Crippen LogP contribution in [0, 0.1) is 5.92 Å². The van der Waals surface area contributed by atoms with E-state index < -0.39 is 0 Å². The fourth-order valence-electron chi connectivity index (χ4n) is 1.60. The molecule has 1 fully saturated rings. The average molecular weight is 383 g/mol. The molecule has 5 nitrogen and oxygen atoms in total. The molecule has 0 saturated heterocycles. The van der Waals surface area contributed by atoms with Crippen LogP contribution in [0.4, 0.5) is 0 Å². The van der Waals surface area contributed by atoms with Gasteiger partial charge in [0.1, 0.15) is 0 Å². The summed E-state index contributed by atoms with van der Waals surface area (Å²) in [4.78, 5) is 15.7. The van der Waals surface area contributed by atoms with Crippen molar-refractivity contribution in [1.82, 2.24) is 10.6 Å². The van der Waals surface area contributed by atoms with E-state index in [0.29, 0.717) is 19.0 Å². The number of carbonyl (C=O) groups excluding carboxylic acids is 1. The van der Waals surface area contributed by atoms with Gasteiger partial charge >= 0.3 is 5.97 Å². The maximum absolute atomic E-state index is 11.3. The molecule has 0 heterocycles. The SMILES string of the molecule is CCNC(=NCCC(=O)OC(C)C)NC1CC1C.I. The lowest BCUT2D eigenvalue weighted by Crippen LogP contribution is -2.39. The Hall–Kier alpha value is -0.530. The van der Waals surface area contributed by atoms with Gasteiger partial charge in [-0.2, -0.15) is 0 Å². The molecular formula is C13H26IN3O2. The molecule has 6 heteroatoms. The summed E-state index contributed by atoms with van der Waals surface area (Å²) in [7, 11) is 0. The summed E-state index contributed by atoms with van der Waals surface area (Å²) in [5, 5.41) is 6.52. The molecule has 2 unspecified atom stereocenters. The zero-order chi connectivity index (χ0) is 13.5. The van der Waals surface area contributed by atoms with Gasteiger partial charge in [-0.3, -0.25) is 9.79 Å². The van der Waals surface area contributed by atoms with Gasteiger partial charge in [-0.1, -0.05) is 6.92 Å². The Morgan fingerprint density at radius 1 is 1.47 bits per heavy atom. The Balaban J connectivity index is 0.00000324. The van der Waals surface area contributed by atoms with E-state index in [9.17, 15) is 4.79 Å². The van der Waals surface area contributed by atoms with Crippen LogP contribution in [0.25, 0.3) is 0 Å². The molecule has 0 aromatic heterocycles. The molecular weight excluding hydrogens is 357 g/mol. The average Bonchev–Trinajstić information content (AvgIpc) is 2.93. The molecule has 0 aromatic rings. The largest absolute Gasteiger partial charge is 0.463 e. The summed E-state index contributed by atoms with van der Waals surface area (Å²) in [6, 6.07) is 0.533. The van der Waals surface area contributed by atoms with Gasteiger partial charge in [0, 0.05) is 12.6 Å². The van der Waals surface area contributed by atoms with E-state index in [4.69, 9.17) is 4.74 Å². The Labute approximate surface area is 133 Å². The third kappa shape index (κ3) is 8.28. The number of hydrogen-bond donors (Lipinski definition) is 2. The molecule has 1 saturated carbocycles. The van der Waals surface area contributed by atoms with E-state index >= 15 is 0 Å². The summed E-state index contributed by atoms with van der Waals surface area (Å²) in [5.41, 5.74) is 0. The van der Waals surface area contributed by atoms with Crippen LogP contribution in [0.2, 0.25) is 0 Å². The second-order valence-corrected chi connectivity index (χ2v) is 5.01. The number of guanidine groups is 1. The second kappa shape index (κ2) is 9.39. The molecule has 0 amide bonds. The minimum atomic E-state index is -0.190. The van der Waals surface area contributed by atoms with Gasteiger partial charge in [0.05, 0.1) is 19.1 Å². The van der Waals surface area contributed by atoms with Gasteiger partial charge in [0.2, 0.25) is 0 Å². The number of aliphatic imine (C=N–C) groups is 1. The van der Waals surface area contributed by atoms with Crippen molar-refractivity contribution in [2.24, 2.45) is 10.9 Å². The van der Waals surface area contributed by atoms with Crippen molar-refractivity contribution in [3.05, 3.63) is 0 Å². The smallest absolute Gasteiger partial charge is 0.307 e. The van der Waals surface area contributed by atoms with E-state index in [-0.39, 0.29) is 36.0 Å². The number of ether oxygens (including phenoxy) is 1. The highest BCUT2D eigenvalue weighted by Gasteiger charge is 2.33. The molecule has 0 spiro atoms. The number of rotatable bonds is 6. The van der Waals surface area contributed by atoms with Crippen molar-refractivity contribution < 1.29 is 9.53 Å². The number of carbonyl (C=O) groups is 1. The lowest BCUT2D eigenvalue weighted by molar-refractivity contribution is -0.147. The maximum atomic E-state index is 11.3. The molecule has 2 N–H and O–H groups in total. The summed E-state index contributed by atoms with van der Waals surface area (Å²) in [5.74, 6) is 1.33. The predicted octanol–water partition coefficient (Wildman–Crippen LogP) is 1.91. The fourth-order valence-corrected chi connectivity index (χ4v) is 1.60. The predicted molar refractivity (Wildman–Crippen MR) is 87.9 cm³/mol. The van der Waals surface area contributed by atoms with Crippen molar-refractivity contribution in [3.8, 4) is 0 Å². The topological polar surface area (TPSA) is 62.7 Å². The maximum Gasteiger partial charge on any atom is 0.307 e. The van der Waals surface area contributed by atoms with Crippen LogP contribution in [-0.2, 0) is 9.53 Å². The highest BCUT2D eigenvalue weighted by molar-refractivity contribution is 14.0. The Morgan fingerprint density at radius 3 is 2.58 bits per heavy atom. The first-order chi connectivity index (χ1) is 8.52. The molecule has 2 atom stereocenters. The summed E-state index contributed by atoms with van der Waals surface area (Å²) in [6.07, 6.45) is 1.47. The zero-order valence-electron chi connectivity index (χ0n) is 12.2. The molecule has 0 aromatic carbocycles. The van der Waals surface area contributed by atoms with Crippen LogP contribution in [-0.4, -0.2) is 37.2 Å². The van der Waals surface area contributed by atoms with Crippen molar-refractivity contribution >= 4 is 35.9 Å². The van der Waals surface area contributed by atoms with E-state index in [1.165, 1.54) is 6.42 Å². The number of esters is 1. The minimum absolute atomic E-state index is 0. The number of hydrogen-bond acceptors (Lipinski definition) is 3. The Bertz CT molecular complexity index is 308. The molecule has 1 aliphatic rings. The molecule has 0 bridgehead atoms. The second-order valence-electron chi connectivity index (χ2n) is 5.01. The number of nitrogens with zero attached hydrogens (tertiary/aromatic N) is 1. The first-order valence-electron chi connectivity index (χ1n) is 6.77. The van der Waals surface area contributed by atoms with Crippen LogP contribution in [0.15, 0.2) is 4.99 Å². The summed E-state index contributed by atoms with van der Waals surface area (Å²) < 4.78 is 5.05. The fraction of sp³-hybridized carbons (Fsp3) is 0.846. The van der Waals surface area contributed by atoms with Gasteiger partial charge in [-0.25, -0.2) is 0 Å². The third-order valence-electron chi connectivity index (χ3n) is 2.73. The lowest BCUT2D eigenvalue weighted by Gasteiger charge is -2.11. The molecule has 112 valence electrons. The van der Waals surface area contributed by atoms with Crippen LogP contribution in [0.5, 0.6) is 0 Å². The first-order valence-corrected chi connectivity index (χ1v) is 6.77. The standard InChI is InChI=1S/C13H25N3O2.HI/c1-5-14-13(16-11-8-10(11)4)15-7-6-12(17)18-9(2)3;/h9-11H,5-8H2,1-4H3,(H2,14,15,16);1H. The Morgan fingerprint density at radius 2 is 2.11 bits per heavy atom. The molecule has 0 aliphatic heterocycles. The minimum Gasteiger partial charge on any atom is -0.463 e. The van der Waals surface area contributed by atoms with Gasteiger partial charge in [0.15, 0.2) is 5.96 Å². The van der Waals surface area contributed by atoms with Crippen molar-refractivity contribution in [2.45, 2.75) is 52.7 Å². The van der Waals surface area contributed by atoms with Gasteiger partial charge in [-0.15, -0.1) is 24.0 Å². The zero-order valence-corrected chi connectivity index (χ0v) is 14.6. The van der Waals surface area contributed by atoms with Gasteiger partial charge < -0.3 is 15.4 Å². The molecule has 1 aliphatic carbocycles. The van der Waals surface area contributed by atoms with Crippen LogP contribution < -0.4 is 10.6 Å². The van der Waals surface area contributed by atoms with E-state index in [2.05, 4.69) is 22.5 Å². The van der Waals surface area contributed by atoms with E-state index in [1.807, 2.05) is 20.8 Å². The summed E-state index contributed by atoms with van der Waals surface area (Å²) >= 11 is 0. The molecule has 1 rings (SSSR count). The highest BCUT2D eigenvalue weighted by Crippen LogP contribution is 2.28. The third-order valence-corrected chi connectivity index (χ3v) is 2.73. The van der Waals surface area contributed by atoms with Gasteiger partial charge in [-0.05, 0) is 33.1 Å². The Kier molecular flexibility index (Phi) is 9.12. The quantitative estimate of drug-likeness (QED) is 0.318. The lowest BCUT2D eigenvalue weighted by atomic mass is 10.4. The highest BCUT2D eigenvalue weighted by atomic mass is 127. The molecule has 0 radical (unpaired) electrons. The van der Waals surface area contributed by atoms with Crippen LogP contribution in [0.1, 0.15) is 40.5 Å². The van der Waals surface area contributed by atoms with Crippen LogP contribution in [0.3, 0.4) is 0 Å². The van der Waals surface area contributed by atoms with E-state index in [0.717, 1.165) is 18.4 Å². The molecule has 19 heavy (non-hydrogen) atoms. The number of halogens is 1. The van der Waals surface area contributed by atoms with Crippen molar-refractivity contribution in [2.75, 3.05) is 13.1 Å².